The van der Waals surface area contributed by atoms with E-state index in [0.717, 1.165) is 0 Å². The molecule has 0 aliphatic carbocycles. The van der Waals surface area contributed by atoms with Gasteiger partial charge < -0.3 is 15.2 Å². The number of aromatic nitrogens is 2. The van der Waals surface area contributed by atoms with E-state index in [1.54, 1.807) is 19.1 Å². The van der Waals surface area contributed by atoms with Crippen molar-refractivity contribution in [3.63, 3.8) is 0 Å². The minimum absolute atomic E-state index is 0.0491. The number of nitrogens with zero attached hydrogens (tertiary/aromatic N) is 3. The number of aromatic carboxylic acids is 1. The van der Waals surface area contributed by atoms with Gasteiger partial charge >= 0.3 is 11.8 Å². The van der Waals surface area contributed by atoms with Gasteiger partial charge in [-0.15, -0.1) is 4.68 Å². The van der Waals surface area contributed by atoms with Crippen LogP contribution in [0.4, 0.5) is 5.82 Å². The number of hydrogen-bond donors (Lipinski definition) is 1. The van der Waals surface area contributed by atoms with Crippen molar-refractivity contribution in [1.82, 2.24) is 9.78 Å². The summed E-state index contributed by atoms with van der Waals surface area (Å²) >= 11 is 0. The lowest BCUT2D eigenvalue weighted by molar-refractivity contribution is -0.389. The highest BCUT2D eigenvalue weighted by molar-refractivity contribution is 5.92. The van der Waals surface area contributed by atoms with E-state index in [0.29, 0.717) is 11.3 Å². The lowest BCUT2D eigenvalue weighted by Crippen LogP contribution is -2.08. The van der Waals surface area contributed by atoms with E-state index < -0.39 is 10.9 Å². The van der Waals surface area contributed by atoms with Crippen LogP contribution in [-0.4, -0.2) is 25.8 Å². The standard InChI is InChI=1S/C11H9N3O4/c1-7-3-2-4-8(11(15)16)10(7)13-6-5-9(12-13)14(17)18/h2-6H,1H3,(H,15,16). The van der Waals surface area contributed by atoms with Gasteiger partial charge in [0.2, 0.25) is 0 Å². The van der Waals surface area contributed by atoms with Crippen molar-refractivity contribution < 1.29 is 14.8 Å². The van der Waals surface area contributed by atoms with Crippen LogP contribution in [0.2, 0.25) is 0 Å². The normalized spacial score (nSPS) is 10.3. The maximum atomic E-state index is 11.1. The smallest absolute Gasteiger partial charge is 0.390 e. The zero-order valence-electron chi connectivity index (χ0n) is 9.40. The maximum Gasteiger partial charge on any atom is 0.390 e. The highest BCUT2D eigenvalue weighted by Gasteiger charge is 2.19. The summed E-state index contributed by atoms with van der Waals surface area (Å²) in [7, 11) is 0. The van der Waals surface area contributed by atoms with Crippen LogP contribution < -0.4 is 0 Å². The zero-order valence-corrected chi connectivity index (χ0v) is 9.40. The minimum Gasteiger partial charge on any atom is -0.478 e. The number of hydrogen-bond acceptors (Lipinski definition) is 4. The Morgan fingerprint density at radius 2 is 2.17 bits per heavy atom. The molecule has 7 nitrogen and oxygen atoms in total. The zero-order chi connectivity index (χ0) is 13.3. The summed E-state index contributed by atoms with van der Waals surface area (Å²) in [5.41, 5.74) is 1.05. The second-order valence-corrected chi connectivity index (χ2v) is 3.65. The molecule has 2 aromatic rings. The van der Waals surface area contributed by atoms with Crippen molar-refractivity contribution in [2.75, 3.05) is 0 Å². The Morgan fingerprint density at radius 1 is 1.44 bits per heavy atom. The van der Waals surface area contributed by atoms with E-state index >= 15 is 0 Å². The van der Waals surface area contributed by atoms with Crippen molar-refractivity contribution in [2.24, 2.45) is 0 Å². The molecule has 0 aliphatic rings. The molecule has 0 aliphatic heterocycles. The monoisotopic (exact) mass is 247 g/mol. The summed E-state index contributed by atoms with van der Waals surface area (Å²) in [6, 6.07) is 5.98. The first-order valence-electron chi connectivity index (χ1n) is 5.04. The predicted molar refractivity (Wildman–Crippen MR) is 61.9 cm³/mol. The number of carbonyl (C=O) groups is 1. The molecule has 0 atom stereocenters. The van der Waals surface area contributed by atoms with Crippen LogP contribution in [0.15, 0.2) is 30.5 Å². The van der Waals surface area contributed by atoms with Gasteiger partial charge in [0.25, 0.3) is 0 Å². The Bertz CT molecular complexity index is 633. The first kappa shape index (κ1) is 11.8. The summed E-state index contributed by atoms with van der Waals surface area (Å²) in [6.45, 7) is 1.72. The number of nitro groups is 1. The number of carboxylic acids is 1. The van der Waals surface area contributed by atoms with Crippen molar-refractivity contribution >= 4 is 11.8 Å². The summed E-state index contributed by atoms with van der Waals surface area (Å²) in [5, 5.41) is 23.4. The number of rotatable bonds is 3. The number of para-hydroxylation sites is 1. The number of aryl methyl sites for hydroxylation is 1. The SMILES string of the molecule is Cc1cccc(C(=O)O)c1-n1ccc([N+](=O)[O-])n1. The van der Waals surface area contributed by atoms with Gasteiger partial charge in [0.1, 0.15) is 5.69 Å². The van der Waals surface area contributed by atoms with E-state index in [4.69, 9.17) is 5.11 Å². The van der Waals surface area contributed by atoms with Crippen LogP contribution in [0.5, 0.6) is 0 Å². The van der Waals surface area contributed by atoms with Crippen molar-refractivity contribution in [3.05, 3.63) is 51.7 Å². The van der Waals surface area contributed by atoms with Crippen molar-refractivity contribution in [2.45, 2.75) is 6.92 Å². The first-order chi connectivity index (χ1) is 8.50. The second-order valence-electron chi connectivity index (χ2n) is 3.65. The fraction of sp³-hybridized carbons (Fsp3) is 0.0909. The molecule has 0 saturated heterocycles. The van der Waals surface area contributed by atoms with Gasteiger partial charge in [0.05, 0.1) is 22.9 Å². The molecular formula is C11H9N3O4. The molecule has 0 unspecified atom stereocenters. The quantitative estimate of drug-likeness (QED) is 0.658. The molecule has 0 radical (unpaired) electrons. The molecule has 0 saturated carbocycles. The number of carboxylic acid groups (broad SMARTS) is 1. The van der Waals surface area contributed by atoms with Crippen molar-refractivity contribution in [3.8, 4) is 5.69 Å². The summed E-state index contributed by atoms with van der Waals surface area (Å²) in [5.74, 6) is -1.43. The van der Waals surface area contributed by atoms with E-state index in [2.05, 4.69) is 5.10 Å². The van der Waals surface area contributed by atoms with E-state index in [9.17, 15) is 14.9 Å². The topological polar surface area (TPSA) is 98.3 Å². The molecule has 0 spiro atoms. The lowest BCUT2D eigenvalue weighted by Gasteiger charge is -2.06. The van der Waals surface area contributed by atoms with Crippen LogP contribution in [0, 0.1) is 17.0 Å². The molecule has 0 bridgehead atoms. The van der Waals surface area contributed by atoms with E-state index in [1.165, 1.54) is 23.0 Å². The predicted octanol–water partition coefficient (Wildman–Crippen LogP) is 1.79. The van der Waals surface area contributed by atoms with Crippen LogP contribution in [0.25, 0.3) is 5.69 Å². The molecule has 1 aromatic carbocycles. The van der Waals surface area contributed by atoms with Crippen molar-refractivity contribution in [1.29, 1.82) is 0 Å². The molecular weight excluding hydrogens is 238 g/mol. The Balaban J connectivity index is 2.62. The molecule has 1 N–H and O–H groups in total. The fourth-order valence-electron chi connectivity index (χ4n) is 1.67. The van der Waals surface area contributed by atoms with Gasteiger partial charge in [0.15, 0.2) is 0 Å². The molecule has 0 fully saturated rings. The summed E-state index contributed by atoms with van der Waals surface area (Å²) in [6.07, 6.45) is 1.37. The Hall–Kier alpha value is -2.70. The van der Waals surface area contributed by atoms with Gasteiger partial charge in [-0.1, -0.05) is 12.1 Å². The Morgan fingerprint density at radius 3 is 2.72 bits per heavy atom. The van der Waals surface area contributed by atoms with Gasteiger partial charge in [-0.25, -0.2) is 4.79 Å². The lowest BCUT2D eigenvalue weighted by atomic mass is 10.1. The highest BCUT2D eigenvalue weighted by Crippen LogP contribution is 2.20. The fourth-order valence-corrected chi connectivity index (χ4v) is 1.67. The second kappa shape index (κ2) is 4.28. The highest BCUT2D eigenvalue weighted by atomic mass is 16.6. The average molecular weight is 247 g/mol. The molecule has 1 heterocycles. The number of benzene rings is 1. The van der Waals surface area contributed by atoms with Crippen LogP contribution in [0.1, 0.15) is 15.9 Å². The summed E-state index contributed by atoms with van der Waals surface area (Å²) < 4.78 is 1.21. The van der Waals surface area contributed by atoms with Gasteiger partial charge in [-0.3, -0.25) is 0 Å². The minimum atomic E-state index is -1.10. The molecule has 2 rings (SSSR count). The van der Waals surface area contributed by atoms with Crippen LogP contribution >= 0.6 is 0 Å². The Kier molecular flexibility index (Phi) is 2.80. The van der Waals surface area contributed by atoms with Crippen LogP contribution in [-0.2, 0) is 0 Å². The van der Waals surface area contributed by atoms with E-state index in [1.807, 2.05) is 0 Å². The largest absolute Gasteiger partial charge is 0.478 e. The molecule has 0 amide bonds. The molecule has 7 heteroatoms. The molecule has 1 aromatic heterocycles. The maximum absolute atomic E-state index is 11.1. The average Bonchev–Trinajstić information content (AvgIpc) is 2.77. The third-order valence-corrected chi connectivity index (χ3v) is 2.46. The van der Waals surface area contributed by atoms with Crippen LogP contribution in [0.3, 0.4) is 0 Å². The third kappa shape index (κ3) is 1.93. The van der Waals surface area contributed by atoms with E-state index in [-0.39, 0.29) is 11.4 Å². The molecule has 92 valence electrons. The van der Waals surface area contributed by atoms with Gasteiger partial charge in [0, 0.05) is 0 Å². The summed E-state index contributed by atoms with van der Waals surface area (Å²) in [4.78, 5) is 21.0. The van der Waals surface area contributed by atoms with Gasteiger partial charge in [-0.05, 0) is 23.5 Å². The molecule has 18 heavy (non-hydrogen) atoms. The Labute approximate surface area is 101 Å². The third-order valence-electron chi connectivity index (χ3n) is 2.46. The van der Waals surface area contributed by atoms with Gasteiger partial charge in [-0.2, -0.15) is 0 Å². The first-order valence-corrected chi connectivity index (χ1v) is 5.04.